The molecule has 0 aliphatic carbocycles. The first kappa shape index (κ1) is 27.5. The van der Waals surface area contributed by atoms with Gasteiger partial charge in [-0.15, -0.1) is 0 Å². The maximum absolute atomic E-state index is 12.3. The maximum atomic E-state index is 12.3. The fraction of sp³-hybridized carbons (Fsp3) is 0.462. The molecule has 0 aliphatic heterocycles. The molecule has 2 aromatic heterocycles. The summed E-state index contributed by atoms with van der Waals surface area (Å²) in [6, 6.07) is 13.5. The lowest BCUT2D eigenvalue weighted by atomic mass is 9.86. The number of furan rings is 1. The molecule has 1 aromatic carbocycles. The number of anilines is 1. The fourth-order valence-corrected chi connectivity index (χ4v) is 4.69. The number of hydrogen-bond donors (Lipinski definition) is 1. The molecule has 0 fully saturated rings. The topological polar surface area (TPSA) is 116 Å². The fourth-order valence-electron chi connectivity index (χ4n) is 3.89. The van der Waals surface area contributed by atoms with Gasteiger partial charge in [0, 0.05) is 20.6 Å². The van der Waals surface area contributed by atoms with E-state index in [1.54, 1.807) is 0 Å². The third-order valence-corrected chi connectivity index (χ3v) is 7.82. The number of nitrogens with zero attached hydrogens (tertiary/aromatic N) is 4. The number of benzene rings is 1. The minimum atomic E-state index is -3.74. The van der Waals surface area contributed by atoms with Crippen LogP contribution in [0.3, 0.4) is 0 Å². The molecule has 2 heterocycles. The van der Waals surface area contributed by atoms with Gasteiger partial charge in [0.25, 0.3) is 15.9 Å². The molecule has 0 aliphatic rings. The maximum Gasteiger partial charge on any atom is 0.275 e. The Morgan fingerprint density at radius 1 is 1.06 bits per heavy atom. The first-order chi connectivity index (χ1) is 16.9. The van der Waals surface area contributed by atoms with Crippen LogP contribution >= 0.6 is 0 Å². The zero-order valence-corrected chi connectivity index (χ0v) is 22.8. The summed E-state index contributed by atoms with van der Waals surface area (Å²) in [5.41, 5.74) is 2.55. The van der Waals surface area contributed by atoms with Crippen molar-refractivity contribution in [3.05, 3.63) is 53.2 Å². The summed E-state index contributed by atoms with van der Waals surface area (Å²) in [5.74, 6) is 0.366. The Morgan fingerprint density at radius 3 is 2.22 bits per heavy atom. The molecule has 3 aromatic rings. The van der Waals surface area contributed by atoms with E-state index >= 15 is 0 Å². The van der Waals surface area contributed by atoms with E-state index < -0.39 is 10.0 Å². The summed E-state index contributed by atoms with van der Waals surface area (Å²) < 4.78 is 37.0. The number of oxazole rings is 1. The molecule has 36 heavy (non-hydrogen) atoms. The summed E-state index contributed by atoms with van der Waals surface area (Å²) in [6.45, 7) is 13.0. The number of aromatic nitrogens is 1. The summed E-state index contributed by atoms with van der Waals surface area (Å²) in [4.78, 5) is 6.53. The van der Waals surface area contributed by atoms with E-state index in [-0.39, 0.29) is 39.8 Å². The lowest BCUT2D eigenvalue weighted by Gasteiger charge is -2.31. The van der Waals surface area contributed by atoms with Crippen LogP contribution in [0.25, 0.3) is 11.7 Å². The largest absolute Gasteiger partial charge is 0.438 e. The molecule has 1 unspecified atom stereocenters. The number of nitriles is 1. The second-order valence-corrected chi connectivity index (χ2v) is 11.8. The number of likely N-dealkylation sites (N-methyl/N-ethyl adjacent to an activating group) is 1. The zero-order valence-electron chi connectivity index (χ0n) is 22.0. The summed E-state index contributed by atoms with van der Waals surface area (Å²) in [7, 11) is -0.906. The van der Waals surface area contributed by atoms with E-state index in [4.69, 9.17) is 8.83 Å². The molecular weight excluding hydrogens is 478 g/mol. The summed E-state index contributed by atoms with van der Waals surface area (Å²) >= 11 is 0. The predicted octanol–water partition coefficient (Wildman–Crippen LogP) is 4.85. The Morgan fingerprint density at radius 2 is 1.69 bits per heavy atom. The van der Waals surface area contributed by atoms with Gasteiger partial charge in [0.05, 0.1) is 6.04 Å². The highest BCUT2D eigenvalue weighted by Crippen LogP contribution is 2.31. The lowest BCUT2D eigenvalue weighted by molar-refractivity contribution is 0.227. The summed E-state index contributed by atoms with van der Waals surface area (Å²) in [6.07, 6.45) is 0. The number of rotatable bonds is 10. The highest BCUT2D eigenvalue weighted by Gasteiger charge is 2.25. The van der Waals surface area contributed by atoms with Crippen molar-refractivity contribution in [2.24, 2.45) is 0 Å². The number of sulfonamides is 1. The number of nitrogens with one attached hydrogen (secondary N) is 1. The number of hydrogen-bond acceptors (Lipinski definition) is 8. The van der Waals surface area contributed by atoms with Crippen molar-refractivity contribution < 1.29 is 17.3 Å². The lowest BCUT2D eigenvalue weighted by Crippen LogP contribution is -2.33. The zero-order chi connectivity index (χ0) is 26.7. The van der Waals surface area contributed by atoms with E-state index in [1.807, 2.05) is 6.07 Å². The van der Waals surface area contributed by atoms with Gasteiger partial charge in [-0.1, -0.05) is 58.9 Å². The minimum absolute atomic E-state index is 0.0307. The third-order valence-electron chi connectivity index (χ3n) is 6.13. The van der Waals surface area contributed by atoms with Crippen molar-refractivity contribution in [1.82, 2.24) is 14.2 Å². The van der Waals surface area contributed by atoms with Crippen LogP contribution in [0.4, 0.5) is 5.88 Å². The van der Waals surface area contributed by atoms with E-state index in [0.717, 1.165) is 23.0 Å². The Balaban J connectivity index is 1.87. The van der Waals surface area contributed by atoms with Crippen molar-refractivity contribution in [2.75, 3.05) is 39.0 Å². The van der Waals surface area contributed by atoms with Crippen molar-refractivity contribution >= 4 is 15.9 Å². The molecule has 0 saturated heterocycles. The highest BCUT2D eigenvalue weighted by molar-refractivity contribution is 7.88. The average Bonchev–Trinajstić information content (AvgIpc) is 3.49. The Bertz CT molecular complexity index is 1310. The average molecular weight is 514 g/mol. The van der Waals surface area contributed by atoms with Crippen LogP contribution in [0.2, 0.25) is 0 Å². The molecule has 0 amide bonds. The first-order valence-electron chi connectivity index (χ1n) is 11.9. The van der Waals surface area contributed by atoms with Gasteiger partial charge in [-0.2, -0.15) is 10.2 Å². The van der Waals surface area contributed by atoms with Gasteiger partial charge in [-0.05, 0) is 41.8 Å². The van der Waals surface area contributed by atoms with Gasteiger partial charge in [0.1, 0.15) is 6.07 Å². The van der Waals surface area contributed by atoms with Crippen molar-refractivity contribution in [1.29, 1.82) is 5.26 Å². The SMILES string of the molecule is CCN(CC)C(CNc1oc(-c2ccc(S(=O)(=O)N(C)C)o2)nc1C#N)c1ccc(C(C)(C)C)cc1. The molecular formula is C26H35N5O4S. The van der Waals surface area contributed by atoms with Crippen molar-refractivity contribution in [3.63, 3.8) is 0 Å². The van der Waals surface area contributed by atoms with E-state index in [9.17, 15) is 13.7 Å². The first-order valence-corrected chi connectivity index (χ1v) is 13.4. The Kier molecular flexibility index (Phi) is 8.29. The molecule has 0 saturated carbocycles. The van der Waals surface area contributed by atoms with Crippen LogP contribution < -0.4 is 5.32 Å². The van der Waals surface area contributed by atoms with Crippen molar-refractivity contribution in [3.8, 4) is 17.7 Å². The summed E-state index contributed by atoms with van der Waals surface area (Å²) in [5, 5.41) is 12.6. The van der Waals surface area contributed by atoms with Gasteiger partial charge < -0.3 is 14.2 Å². The van der Waals surface area contributed by atoms with Gasteiger partial charge in [-0.25, -0.2) is 12.7 Å². The van der Waals surface area contributed by atoms with E-state index in [1.165, 1.54) is 31.8 Å². The minimum Gasteiger partial charge on any atom is -0.438 e. The van der Waals surface area contributed by atoms with Crippen LogP contribution in [0.15, 0.2) is 50.3 Å². The van der Waals surface area contributed by atoms with Crippen LogP contribution in [0.1, 0.15) is 57.5 Å². The molecule has 1 atom stereocenters. The molecule has 10 heteroatoms. The molecule has 1 N–H and O–H groups in total. The van der Waals surface area contributed by atoms with Crippen LogP contribution in [-0.2, 0) is 15.4 Å². The van der Waals surface area contributed by atoms with Crippen LogP contribution in [0.5, 0.6) is 0 Å². The van der Waals surface area contributed by atoms with Gasteiger partial charge in [-0.3, -0.25) is 4.90 Å². The van der Waals surface area contributed by atoms with Crippen molar-refractivity contribution in [2.45, 2.75) is 51.2 Å². The van der Waals surface area contributed by atoms with E-state index in [2.05, 4.69) is 74.1 Å². The Labute approximate surface area is 213 Å². The highest BCUT2D eigenvalue weighted by atomic mass is 32.2. The van der Waals surface area contributed by atoms with Gasteiger partial charge >= 0.3 is 0 Å². The second kappa shape index (κ2) is 10.9. The normalized spacial score (nSPS) is 13.2. The third kappa shape index (κ3) is 5.81. The molecule has 0 radical (unpaired) electrons. The molecule has 3 rings (SSSR count). The molecule has 194 valence electrons. The standard InChI is InChI=1S/C26H35N5O4S/c1-8-31(9-2)21(18-10-12-19(13-11-18)26(3,4)5)17-28-24-20(16-27)29-25(35-24)22-14-15-23(34-22)36(32,33)30(6)7/h10-15,21,28H,8-9,17H2,1-7H3. The van der Waals surface area contributed by atoms with E-state index in [0.29, 0.717) is 6.54 Å². The Hall–Kier alpha value is -3.13. The molecule has 0 spiro atoms. The predicted molar refractivity (Wildman–Crippen MR) is 139 cm³/mol. The molecule has 0 bridgehead atoms. The monoisotopic (exact) mass is 513 g/mol. The second-order valence-electron chi connectivity index (χ2n) is 9.70. The smallest absolute Gasteiger partial charge is 0.275 e. The quantitative estimate of drug-likeness (QED) is 0.409. The van der Waals surface area contributed by atoms with Crippen LogP contribution in [0, 0.1) is 11.3 Å². The van der Waals surface area contributed by atoms with Gasteiger partial charge in [0.15, 0.2) is 5.76 Å². The van der Waals surface area contributed by atoms with Gasteiger partial charge in [0.2, 0.25) is 16.7 Å². The molecule has 9 nitrogen and oxygen atoms in total. The van der Waals surface area contributed by atoms with Crippen LogP contribution in [-0.4, -0.2) is 56.3 Å².